The van der Waals surface area contributed by atoms with Crippen LogP contribution in [0, 0.1) is 11.2 Å². The Morgan fingerprint density at radius 2 is 2.09 bits per heavy atom. The van der Waals surface area contributed by atoms with Gasteiger partial charge in [-0.15, -0.1) is 0 Å². The molecule has 2 nitrogen and oxygen atoms in total. The number of carbonyl (C=O) groups is 1. The fraction of sp³-hybridized carbons (Fsp3) is 0.421. The van der Waals surface area contributed by atoms with E-state index in [0.717, 1.165) is 24.8 Å². The first-order valence-electron chi connectivity index (χ1n) is 7.81. The van der Waals surface area contributed by atoms with Gasteiger partial charge in [-0.25, -0.2) is 4.39 Å². The van der Waals surface area contributed by atoms with Crippen molar-refractivity contribution >= 4 is 11.9 Å². The van der Waals surface area contributed by atoms with Gasteiger partial charge >= 0.3 is 0 Å². The Kier molecular flexibility index (Phi) is 3.77. The number of benzene rings is 1. The number of allylic oxidation sites excluding steroid dienone is 2. The predicted molar refractivity (Wildman–Crippen MR) is 84.7 cm³/mol. The zero-order valence-electron chi connectivity index (χ0n) is 13.0. The molecule has 0 unspecified atom stereocenters. The summed E-state index contributed by atoms with van der Waals surface area (Å²) >= 11 is 0. The van der Waals surface area contributed by atoms with Crippen molar-refractivity contribution < 1.29 is 14.3 Å². The molecule has 1 aromatic carbocycles. The van der Waals surface area contributed by atoms with E-state index >= 15 is 0 Å². The lowest BCUT2D eigenvalue weighted by atomic mass is 9.61. The summed E-state index contributed by atoms with van der Waals surface area (Å²) in [5.41, 5.74) is 2.44. The number of carbonyl (C=O) groups excluding carboxylic acids is 1. The maximum absolute atomic E-state index is 13.9. The van der Waals surface area contributed by atoms with Gasteiger partial charge in [-0.2, -0.15) is 0 Å². The lowest BCUT2D eigenvalue weighted by Gasteiger charge is -2.44. The molecule has 2 aliphatic carbocycles. The molecule has 0 aliphatic heterocycles. The number of ketones is 1. The van der Waals surface area contributed by atoms with Gasteiger partial charge in [-0.3, -0.25) is 4.79 Å². The zero-order valence-corrected chi connectivity index (χ0v) is 13.0. The third kappa shape index (κ3) is 2.44. The second-order valence-corrected chi connectivity index (χ2v) is 6.70. The number of hydrogen-bond acceptors (Lipinski definition) is 2. The van der Waals surface area contributed by atoms with Crippen LogP contribution in [0.25, 0.3) is 6.08 Å². The highest BCUT2D eigenvalue weighted by atomic mass is 19.1. The first-order chi connectivity index (χ1) is 10.4. The number of aliphatic hydroxyl groups excluding tert-OH is 1. The Balaban J connectivity index is 2.07. The van der Waals surface area contributed by atoms with Crippen LogP contribution < -0.4 is 0 Å². The van der Waals surface area contributed by atoms with Crippen molar-refractivity contribution in [2.45, 2.75) is 45.6 Å². The molecule has 1 fully saturated rings. The fourth-order valence-electron chi connectivity index (χ4n) is 4.01. The molecule has 0 heterocycles. The van der Waals surface area contributed by atoms with E-state index in [-0.39, 0.29) is 17.0 Å². The molecule has 0 radical (unpaired) electrons. The van der Waals surface area contributed by atoms with Gasteiger partial charge in [-0.1, -0.05) is 25.1 Å². The summed E-state index contributed by atoms with van der Waals surface area (Å²) in [6.45, 7) is 3.90. The van der Waals surface area contributed by atoms with Crippen molar-refractivity contribution in [3.8, 4) is 0 Å². The Bertz CT molecular complexity index is 686. The van der Waals surface area contributed by atoms with Gasteiger partial charge < -0.3 is 5.11 Å². The number of halogens is 1. The van der Waals surface area contributed by atoms with E-state index in [1.165, 1.54) is 6.07 Å². The van der Waals surface area contributed by atoms with Crippen molar-refractivity contribution in [2.24, 2.45) is 5.41 Å². The van der Waals surface area contributed by atoms with Gasteiger partial charge in [0, 0.05) is 11.1 Å². The van der Waals surface area contributed by atoms with Crippen molar-refractivity contribution in [1.29, 1.82) is 0 Å². The van der Waals surface area contributed by atoms with Gasteiger partial charge in [0.2, 0.25) is 0 Å². The predicted octanol–water partition coefficient (Wildman–Crippen LogP) is 4.05. The largest absolute Gasteiger partial charge is 0.389 e. The summed E-state index contributed by atoms with van der Waals surface area (Å²) in [5.74, 6) is -0.374. The molecule has 22 heavy (non-hydrogen) atoms. The van der Waals surface area contributed by atoms with Crippen LogP contribution in [0.2, 0.25) is 0 Å². The van der Waals surface area contributed by atoms with Gasteiger partial charge in [0.15, 0.2) is 5.78 Å². The Labute approximate surface area is 130 Å². The van der Waals surface area contributed by atoms with Crippen molar-refractivity contribution in [3.05, 3.63) is 52.4 Å². The standard InChI is InChI=1S/C19H21FO2/c1-12-17-16(21)8-5-9-19(17,2)11-14(18(12)22)10-13-6-3-4-7-15(13)20/h3-4,6-7,10,16,21H,5,8-9,11H2,1-2H3/b14-10+/t16-,19-/m0/s1. The fourth-order valence-corrected chi connectivity index (χ4v) is 4.01. The smallest absolute Gasteiger partial charge is 0.184 e. The molecule has 2 atom stereocenters. The van der Waals surface area contributed by atoms with Gasteiger partial charge in [-0.05, 0) is 61.3 Å². The van der Waals surface area contributed by atoms with Crippen LogP contribution in [-0.2, 0) is 4.79 Å². The number of aliphatic hydroxyl groups is 1. The van der Waals surface area contributed by atoms with Crippen LogP contribution in [-0.4, -0.2) is 17.0 Å². The number of rotatable bonds is 1. The Hall–Kier alpha value is -1.74. The minimum Gasteiger partial charge on any atom is -0.389 e. The molecule has 3 heteroatoms. The Morgan fingerprint density at radius 3 is 2.82 bits per heavy atom. The van der Waals surface area contributed by atoms with Crippen LogP contribution in [0.4, 0.5) is 4.39 Å². The van der Waals surface area contributed by atoms with Crippen LogP contribution in [0.1, 0.15) is 45.1 Å². The molecule has 1 aromatic rings. The van der Waals surface area contributed by atoms with E-state index in [2.05, 4.69) is 6.92 Å². The van der Waals surface area contributed by atoms with Crippen molar-refractivity contribution in [1.82, 2.24) is 0 Å². The summed E-state index contributed by atoms with van der Waals surface area (Å²) in [5, 5.41) is 10.3. The normalized spacial score (nSPS) is 30.6. The van der Waals surface area contributed by atoms with E-state index in [1.807, 2.05) is 0 Å². The first kappa shape index (κ1) is 15.2. The van der Waals surface area contributed by atoms with Crippen LogP contribution >= 0.6 is 0 Å². The second-order valence-electron chi connectivity index (χ2n) is 6.70. The second kappa shape index (κ2) is 5.47. The molecule has 0 spiro atoms. The molecule has 2 aliphatic rings. The summed E-state index contributed by atoms with van der Waals surface area (Å²) in [7, 11) is 0. The van der Waals surface area contributed by atoms with Crippen molar-refractivity contribution in [3.63, 3.8) is 0 Å². The lowest BCUT2D eigenvalue weighted by molar-refractivity contribution is -0.113. The minimum absolute atomic E-state index is 0.0586. The van der Waals surface area contributed by atoms with Gasteiger partial charge in [0.05, 0.1) is 6.10 Å². The van der Waals surface area contributed by atoms with Crippen molar-refractivity contribution in [2.75, 3.05) is 0 Å². The van der Waals surface area contributed by atoms with E-state index in [9.17, 15) is 14.3 Å². The van der Waals surface area contributed by atoms with Gasteiger partial charge in [0.25, 0.3) is 0 Å². The highest BCUT2D eigenvalue weighted by Crippen LogP contribution is 2.50. The summed E-state index contributed by atoms with van der Waals surface area (Å²) < 4.78 is 13.9. The summed E-state index contributed by atoms with van der Waals surface area (Å²) in [4.78, 5) is 12.6. The average molecular weight is 300 g/mol. The third-order valence-corrected chi connectivity index (χ3v) is 5.04. The average Bonchev–Trinajstić information content (AvgIpc) is 2.46. The molecule has 0 aromatic heterocycles. The third-order valence-electron chi connectivity index (χ3n) is 5.04. The van der Waals surface area contributed by atoms with E-state index in [1.54, 1.807) is 31.2 Å². The molecule has 0 bridgehead atoms. The molecular weight excluding hydrogens is 279 g/mol. The number of fused-ring (bicyclic) bond motifs is 1. The molecular formula is C19H21FO2. The SMILES string of the molecule is CC1=C2[C@@H](O)CCC[C@@]2(C)C/C(=C\c2ccccc2F)C1=O. The molecule has 0 amide bonds. The van der Waals surface area contributed by atoms with Crippen LogP contribution in [0.15, 0.2) is 41.0 Å². The van der Waals surface area contributed by atoms with Crippen LogP contribution in [0.5, 0.6) is 0 Å². The zero-order chi connectivity index (χ0) is 15.9. The minimum atomic E-state index is -0.516. The number of Topliss-reactive ketones (excluding diaryl/α,β-unsaturated/α-hetero) is 1. The van der Waals surface area contributed by atoms with Crippen LogP contribution in [0.3, 0.4) is 0 Å². The monoisotopic (exact) mass is 300 g/mol. The lowest BCUT2D eigenvalue weighted by Crippen LogP contribution is -2.38. The Morgan fingerprint density at radius 1 is 1.36 bits per heavy atom. The van der Waals surface area contributed by atoms with Gasteiger partial charge in [0.1, 0.15) is 5.82 Å². The maximum Gasteiger partial charge on any atom is 0.184 e. The number of hydrogen-bond donors (Lipinski definition) is 1. The topological polar surface area (TPSA) is 37.3 Å². The molecule has 116 valence electrons. The molecule has 1 N–H and O–H groups in total. The summed E-state index contributed by atoms with van der Waals surface area (Å²) in [6.07, 6.45) is 4.36. The highest BCUT2D eigenvalue weighted by molar-refractivity contribution is 6.12. The van der Waals surface area contributed by atoms with E-state index in [4.69, 9.17) is 0 Å². The summed E-state index contributed by atoms with van der Waals surface area (Å²) in [6, 6.07) is 6.49. The molecule has 0 saturated heterocycles. The van der Waals surface area contributed by atoms with E-state index in [0.29, 0.717) is 23.1 Å². The quantitative estimate of drug-likeness (QED) is 0.794. The molecule has 1 saturated carbocycles. The highest BCUT2D eigenvalue weighted by Gasteiger charge is 2.43. The molecule has 3 rings (SSSR count). The maximum atomic E-state index is 13.9. The first-order valence-corrected chi connectivity index (χ1v) is 7.81. The van der Waals surface area contributed by atoms with E-state index < -0.39 is 6.10 Å².